The van der Waals surface area contributed by atoms with Crippen LogP contribution in [-0.2, 0) is 0 Å². The van der Waals surface area contributed by atoms with E-state index in [0.29, 0.717) is 4.47 Å². The second-order valence-electron chi connectivity index (χ2n) is 3.52. The Morgan fingerprint density at radius 3 is 2.30 bits per heavy atom. The molecule has 0 amide bonds. The standard InChI is InChI=1S/C11H6BrF4N3O/c1-20-10-4(12)3-17-11(19-10)18-9-7(15)5(13)2-6(14)8(9)16/h2-3H,1H3,(H,17,18,19). The lowest BCUT2D eigenvalue weighted by Gasteiger charge is -2.09. The van der Waals surface area contributed by atoms with Gasteiger partial charge in [-0.15, -0.1) is 0 Å². The molecule has 0 fully saturated rings. The molecular formula is C11H6BrF4N3O. The van der Waals surface area contributed by atoms with Gasteiger partial charge in [-0.1, -0.05) is 0 Å². The third kappa shape index (κ3) is 2.67. The van der Waals surface area contributed by atoms with Crippen molar-refractivity contribution in [3.8, 4) is 5.88 Å². The molecule has 0 spiro atoms. The molecule has 0 aliphatic rings. The van der Waals surface area contributed by atoms with Gasteiger partial charge in [-0.3, -0.25) is 0 Å². The smallest absolute Gasteiger partial charge is 0.232 e. The zero-order valence-corrected chi connectivity index (χ0v) is 11.4. The molecule has 9 heteroatoms. The molecule has 1 aromatic carbocycles. The normalized spacial score (nSPS) is 10.5. The van der Waals surface area contributed by atoms with Crippen LogP contribution in [0.15, 0.2) is 16.7 Å². The molecule has 0 saturated carbocycles. The lowest BCUT2D eigenvalue weighted by Crippen LogP contribution is -2.06. The zero-order chi connectivity index (χ0) is 14.9. The summed E-state index contributed by atoms with van der Waals surface area (Å²) in [7, 11) is 1.32. The third-order valence-corrected chi connectivity index (χ3v) is 2.80. The highest BCUT2D eigenvalue weighted by Crippen LogP contribution is 2.28. The number of nitrogens with zero attached hydrogens (tertiary/aromatic N) is 2. The fourth-order valence-electron chi connectivity index (χ4n) is 1.35. The lowest BCUT2D eigenvalue weighted by atomic mass is 10.2. The fraction of sp³-hybridized carbons (Fsp3) is 0.0909. The minimum atomic E-state index is -1.57. The molecule has 0 radical (unpaired) electrons. The molecule has 1 aromatic heterocycles. The molecule has 0 saturated heterocycles. The van der Waals surface area contributed by atoms with Gasteiger partial charge in [0, 0.05) is 6.07 Å². The highest BCUT2D eigenvalue weighted by atomic mass is 79.9. The SMILES string of the molecule is COc1nc(Nc2c(F)c(F)cc(F)c2F)ncc1Br. The second-order valence-corrected chi connectivity index (χ2v) is 4.37. The van der Waals surface area contributed by atoms with Gasteiger partial charge in [0.05, 0.1) is 17.8 Å². The summed E-state index contributed by atoms with van der Waals surface area (Å²) in [4.78, 5) is 7.45. The Balaban J connectivity index is 2.45. The van der Waals surface area contributed by atoms with Crippen LogP contribution in [0.4, 0.5) is 29.2 Å². The first kappa shape index (κ1) is 14.5. The Morgan fingerprint density at radius 1 is 1.15 bits per heavy atom. The van der Waals surface area contributed by atoms with Crippen LogP contribution in [0.25, 0.3) is 0 Å². The maximum atomic E-state index is 13.4. The van der Waals surface area contributed by atoms with E-state index in [-0.39, 0.29) is 17.9 Å². The maximum absolute atomic E-state index is 13.4. The lowest BCUT2D eigenvalue weighted by molar-refractivity contribution is 0.394. The molecule has 0 aliphatic carbocycles. The minimum absolute atomic E-state index is 0.0835. The monoisotopic (exact) mass is 351 g/mol. The number of nitrogens with one attached hydrogen (secondary N) is 1. The summed E-state index contributed by atoms with van der Waals surface area (Å²) < 4.78 is 58.2. The molecule has 0 aliphatic heterocycles. The van der Waals surface area contributed by atoms with Crippen LogP contribution < -0.4 is 10.1 Å². The number of methoxy groups -OCH3 is 1. The summed E-state index contributed by atoms with van der Waals surface area (Å²) in [5.41, 5.74) is -1.02. The number of anilines is 2. The van der Waals surface area contributed by atoms with Gasteiger partial charge in [0.2, 0.25) is 11.8 Å². The summed E-state index contributed by atoms with van der Waals surface area (Å²) in [6.07, 6.45) is 1.25. The Hall–Kier alpha value is -1.90. The first-order valence-electron chi connectivity index (χ1n) is 5.10. The Bertz CT molecular complexity index is 642. The number of hydrogen-bond donors (Lipinski definition) is 1. The van der Waals surface area contributed by atoms with E-state index in [9.17, 15) is 17.6 Å². The number of ether oxygens (including phenoxy) is 1. The number of rotatable bonds is 3. The quantitative estimate of drug-likeness (QED) is 0.678. The molecule has 0 atom stereocenters. The predicted molar refractivity (Wildman–Crippen MR) is 65.8 cm³/mol. The number of benzene rings is 1. The van der Waals surface area contributed by atoms with Crippen LogP contribution in [0.5, 0.6) is 5.88 Å². The van der Waals surface area contributed by atoms with Crippen molar-refractivity contribution in [3.63, 3.8) is 0 Å². The number of hydrogen-bond acceptors (Lipinski definition) is 4. The van der Waals surface area contributed by atoms with Gasteiger partial charge in [-0.2, -0.15) is 4.98 Å². The van der Waals surface area contributed by atoms with Crippen molar-refractivity contribution in [1.29, 1.82) is 0 Å². The number of aromatic nitrogens is 2. The topological polar surface area (TPSA) is 47.0 Å². The van der Waals surface area contributed by atoms with E-state index in [0.717, 1.165) is 0 Å². The number of halogens is 5. The summed E-state index contributed by atoms with van der Waals surface area (Å²) in [6, 6.07) is 0.110. The molecule has 0 unspecified atom stereocenters. The fourth-order valence-corrected chi connectivity index (χ4v) is 1.70. The summed E-state index contributed by atoms with van der Waals surface area (Å²) in [5, 5.41) is 2.07. The zero-order valence-electron chi connectivity index (χ0n) is 9.85. The summed E-state index contributed by atoms with van der Waals surface area (Å²) in [6.45, 7) is 0. The largest absolute Gasteiger partial charge is 0.480 e. The molecular weight excluding hydrogens is 346 g/mol. The van der Waals surface area contributed by atoms with Crippen molar-refractivity contribution in [2.75, 3.05) is 12.4 Å². The van der Waals surface area contributed by atoms with Gasteiger partial charge in [-0.25, -0.2) is 22.5 Å². The van der Waals surface area contributed by atoms with E-state index in [1.807, 2.05) is 0 Å². The Labute approximate surface area is 118 Å². The summed E-state index contributed by atoms with van der Waals surface area (Å²) >= 11 is 3.08. The third-order valence-electron chi connectivity index (χ3n) is 2.25. The van der Waals surface area contributed by atoms with Crippen LogP contribution in [0.2, 0.25) is 0 Å². The molecule has 20 heavy (non-hydrogen) atoms. The molecule has 2 aromatic rings. The Morgan fingerprint density at radius 2 is 1.75 bits per heavy atom. The van der Waals surface area contributed by atoms with E-state index in [1.165, 1.54) is 13.3 Å². The van der Waals surface area contributed by atoms with Crippen LogP contribution in [0, 0.1) is 23.3 Å². The maximum Gasteiger partial charge on any atom is 0.232 e. The molecule has 4 nitrogen and oxygen atoms in total. The van der Waals surface area contributed by atoms with E-state index >= 15 is 0 Å². The van der Waals surface area contributed by atoms with Crippen molar-refractivity contribution >= 4 is 27.6 Å². The van der Waals surface area contributed by atoms with E-state index in [2.05, 4.69) is 31.2 Å². The van der Waals surface area contributed by atoms with Crippen molar-refractivity contribution in [1.82, 2.24) is 9.97 Å². The van der Waals surface area contributed by atoms with E-state index < -0.39 is 29.0 Å². The molecule has 1 heterocycles. The van der Waals surface area contributed by atoms with Gasteiger partial charge in [0.25, 0.3) is 0 Å². The average Bonchev–Trinajstić information content (AvgIpc) is 2.43. The molecule has 0 bridgehead atoms. The Kier molecular flexibility index (Phi) is 4.07. The molecule has 2 rings (SSSR count). The van der Waals surface area contributed by atoms with Crippen molar-refractivity contribution < 1.29 is 22.3 Å². The van der Waals surface area contributed by atoms with Crippen LogP contribution in [-0.4, -0.2) is 17.1 Å². The second kappa shape index (κ2) is 5.61. The van der Waals surface area contributed by atoms with Crippen molar-refractivity contribution in [2.24, 2.45) is 0 Å². The van der Waals surface area contributed by atoms with Crippen LogP contribution in [0.3, 0.4) is 0 Å². The van der Waals surface area contributed by atoms with Gasteiger partial charge >= 0.3 is 0 Å². The predicted octanol–water partition coefficient (Wildman–Crippen LogP) is 3.55. The summed E-state index contributed by atoms with van der Waals surface area (Å²) in [5.74, 6) is -6.41. The average molecular weight is 352 g/mol. The highest BCUT2D eigenvalue weighted by Gasteiger charge is 2.20. The minimum Gasteiger partial charge on any atom is -0.480 e. The van der Waals surface area contributed by atoms with Crippen LogP contribution in [0.1, 0.15) is 0 Å². The van der Waals surface area contributed by atoms with Gasteiger partial charge in [-0.05, 0) is 15.9 Å². The highest BCUT2D eigenvalue weighted by molar-refractivity contribution is 9.10. The first-order chi connectivity index (χ1) is 9.43. The van der Waals surface area contributed by atoms with Gasteiger partial charge in [0.1, 0.15) is 5.69 Å². The molecule has 106 valence electrons. The van der Waals surface area contributed by atoms with E-state index in [1.54, 1.807) is 0 Å². The van der Waals surface area contributed by atoms with Crippen molar-refractivity contribution in [2.45, 2.75) is 0 Å². The van der Waals surface area contributed by atoms with Crippen molar-refractivity contribution in [3.05, 3.63) is 40.0 Å². The van der Waals surface area contributed by atoms with Gasteiger partial charge < -0.3 is 10.1 Å². The van der Waals surface area contributed by atoms with E-state index in [4.69, 9.17) is 4.74 Å². The first-order valence-corrected chi connectivity index (χ1v) is 5.90. The van der Waals surface area contributed by atoms with Crippen LogP contribution >= 0.6 is 15.9 Å². The molecule has 1 N–H and O–H groups in total. The van der Waals surface area contributed by atoms with Gasteiger partial charge in [0.15, 0.2) is 23.3 Å².